The predicted molar refractivity (Wildman–Crippen MR) is 92.5 cm³/mol. The van der Waals surface area contributed by atoms with Gasteiger partial charge in [0, 0.05) is 20.7 Å². The molecule has 5 heteroatoms. The first-order chi connectivity index (χ1) is 10.5. The summed E-state index contributed by atoms with van der Waals surface area (Å²) >= 11 is 3.65. The summed E-state index contributed by atoms with van der Waals surface area (Å²) in [5, 5.41) is 2.14. The molecule has 1 saturated heterocycles. The fourth-order valence-corrected chi connectivity index (χ4v) is 3.44. The van der Waals surface area contributed by atoms with Crippen LogP contribution < -0.4 is 5.46 Å². The maximum atomic E-state index is 6.16. The highest BCUT2D eigenvalue weighted by molar-refractivity contribution is 9.10. The van der Waals surface area contributed by atoms with Gasteiger partial charge in [-0.05, 0) is 39.0 Å². The topological polar surface area (TPSA) is 31.6 Å². The Morgan fingerprint density at radius 1 is 1.09 bits per heavy atom. The number of rotatable bonds is 1. The fraction of sp³-hybridized carbons (Fsp3) is 0.294. The van der Waals surface area contributed by atoms with Gasteiger partial charge in [-0.1, -0.05) is 34.1 Å². The monoisotopic (exact) mass is 358 g/mol. The van der Waals surface area contributed by atoms with Crippen LogP contribution in [0.2, 0.25) is 0 Å². The minimum Gasteiger partial charge on any atom is -0.456 e. The molecule has 0 bridgehead atoms. The summed E-state index contributed by atoms with van der Waals surface area (Å²) in [4.78, 5) is 0. The van der Waals surface area contributed by atoms with Gasteiger partial charge < -0.3 is 13.7 Å². The van der Waals surface area contributed by atoms with Crippen molar-refractivity contribution in [1.29, 1.82) is 0 Å². The molecule has 2 heterocycles. The standard InChI is InChI=1S/C17H16BBrO3/c1-10-17(2,3)22-18(21-10)16-12(19)8-9-14-15(16)11-6-4-5-7-13(11)20-14/h4-10H,1-3H3. The van der Waals surface area contributed by atoms with Crippen molar-refractivity contribution < 1.29 is 13.7 Å². The minimum absolute atomic E-state index is 0.0258. The predicted octanol–water partition coefficient (Wildman–Crippen LogP) is 4.26. The molecule has 1 atom stereocenters. The summed E-state index contributed by atoms with van der Waals surface area (Å²) in [6.45, 7) is 6.15. The highest BCUT2D eigenvalue weighted by Crippen LogP contribution is 2.33. The van der Waals surface area contributed by atoms with Crippen LogP contribution in [0, 0.1) is 0 Å². The third-order valence-electron chi connectivity index (χ3n) is 4.48. The molecule has 0 aliphatic carbocycles. The molecule has 0 saturated carbocycles. The molecule has 0 amide bonds. The van der Waals surface area contributed by atoms with Gasteiger partial charge in [-0.25, -0.2) is 0 Å². The summed E-state index contributed by atoms with van der Waals surface area (Å²) in [5.74, 6) is 0. The number of para-hydroxylation sites is 1. The molecule has 22 heavy (non-hydrogen) atoms. The molecule has 3 nitrogen and oxygen atoms in total. The Kier molecular flexibility index (Phi) is 3.15. The van der Waals surface area contributed by atoms with Crippen molar-refractivity contribution >= 4 is 50.4 Å². The van der Waals surface area contributed by atoms with E-state index in [4.69, 9.17) is 13.7 Å². The quantitative estimate of drug-likeness (QED) is 0.609. The lowest BCUT2D eigenvalue weighted by Crippen LogP contribution is -2.36. The van der Waals surface area contributed by atoms with Crippen LogP contribution in [0.1, 0.15) is 20.8 Å². The Balaban J connectivity index is 1.99. The first kappa shape index (κ1) is 14.3. The van der Waals surface area contributed by atoms with Gasteiger partial charge >= 0.3 is 7.12 Å². The SMILES string of the molecule is CC1OB(c2c(Br)ccc3oc4ccccc4c23)OC1(C)C. The average molecular weight is 359 g/mol. The Hall–Kier alpha value is -1.30. The molecule has 3 aromatic rings. The zero-order valence-corrected chi connectivity index (χ0v) is 14.3. The van der Waals surface area contributed by atoms with Crippen molar-refractivity contribution in [2.24, 2.45) is 0 Å². The highest BCUT2D eigenvalue weighted by Gasteiger charge is 2.45. The van der Waals surface area contributed by atoms with E-state index >= 15 is 0 Å². The van der Waals surface area contributed by atoms with Gasteiger partial charge in [0.25, 0.3) is 0 Å². The lowest BCUT2D eigenvalue weighted by molar-refractivity contribution is 0.0842. The molecule has 2 aromatic carbocycles. The zero-order valence-electron chi connectivity index (χ0n) is 12.7. The van der Waals surface area contributed by atoms with E-state index in [2.05, 4.69) is 35.8 Å². The van der Waals surface area contributed by atoms with Gasteiger partial charge in [-0.15, -0.1) is 0 Å². The van der Waals surface area contributed by atoms with Gasteiger partial charge in [-0.3, -0.25) is 0 Å². The molecule has 112 valence electrons. The van der Waals surface area contributed by atoms with Crippen LogP contribution in [0.15, 0.2) is 45.3 Å². The molecule has 0 radical (unpaired) electrons. The Labute approximate surface area is 137 Å². The van der Waals surface area contributed by atoms with E-state index in [0.717, 1.165) is 31.9 Å². The van der Waals surface area contributed by atoms with Crippen LogP contribution in [-0.4, -0.2) is 18.8 Å². The zero-order chi connectivity index (χ0) is 15.5. The number of hydrogen-bond acceptors (Lipinski definition) is 3. The van der Waals surface area contributed by atoms with Crippen LogP contribution in [0.3, 0.4) is 0 Å². The first-order valence-electron chi connectivity index (χ1n) is 7.40. The second kappa shape index (κ2) is 4.85. The third kappa shape index (κ3) is 2.03. The summed E-state index contributed by atoms with van der Waals surface area (Å²) < 4.78 is 19.2. The van der Waals surface area contributed by atoms with Crippen LogP contribution in [0.25, 0.3) is 21.9 Å². The summed E-state index contributed by atoms with van der Waals surface area (Å²) in [5.41, 5.74) is 2.41. The van der Waals surface area contributed by atoms with E-state index in [1.165, 1.54) is 0 Å². The van der Waals surface area contributed by atoms with Crippen molar-refractivity contribution in [3.63, 3.8) is 0 Å². The van der Waals surface area contributed by atoms with Gasteiger partial charge in [-0.2, -0.15) is 0 Å². The summed E-state index contributed by atoms with van der Waals surface area (Å²) in [7, 11) is -0.399. The Bertz CT molecular complexity index is 871. The van der Waals surface area contributed by atoms with Crippen LogP contribution in [0.5, 0.6) is 0 Å². The average Bonchev–Trinajstić information content (AvgIpc) is 2.97. The van der Waals surface area contributed by atoms with E-state index in [0.29, 0.717) is 0 Å². The molecule has 1 aromatic heterocycles. The number of benzene rings is 2. The summed E-state index contributed by atoms with van der Waals surface area (Å²) in [6, 6.07) is 12.0. The number of halogens is 1. The van der Waals surface area contributed by atoms with Gasteiger partial charge in [0.2, 0.25) is 0 Å². The first-order valence-corrected chi connectivity index (χ1v) is 8.19. The molecule has 0 spiro atoms. The van der Waals surface area contributed by atoms with Gasteiger partial charge in [0.15, 0.2) is 0 Å². The largest absolute Gasteiger partial charge is 0.496 e. The molecule has 0 N–H and O–H groups in total. The van der Waals surface area contributed by atoms with Crippen LogP contribution in [0.4, 0.5) is 0 Å². The minimum atomic E-state index is -0.399. The normalized spacial score (nSPS) is 21.1. The Morgan fingerprint density at radius 3 is 2.59 bits per heavy atom. The lowest BCUT2D eigenvalue weighted by atomic mass is 9.76. The maximum Gasteiger partial charge on any atom is 0.496 e. The van der Waals surface area contributed by atoms with Crippen molar-refractivity contribution in [1.82, 2.24) is 0 Å². The molecule has 1 aliphatic heterocycles. The van der Waals surface area contributed by atoms with E-state index < -0.39 is 7.12 Å². The van der Waals surface area contributed by atoms with Crippen LogP contribution in [-0.2, 0) is 9.31 Å². The number of hydrogen-bond donors (Lipinski definition) is 0. The Morgan fingerprint density at radius 2 is 1.86 bits per heavy atom. The molecule has 1 unspecified atom stereocenters. The van der Waals surface area contributed by atoms with Crippen molar-refractivity contribution in [3.8, 4) is 0 Å². The molecular weight excluding hydrogens is 343 g/mol. The van der Waals surface area contributed by atoms with Crippen molar-refractivity contribution in [2.75, 3.05) is 0 Å². The van der Waals surface area contributed by atoms with Crippen LogP contribution >= 0.6 is 15.9 Å². The lowest BCUT2D eigenvalue weighted by Gasteiger charge is -2.21. The van der Waals surface area contributed by atoms with Crippen molar-refractivity contribution in [3.05, 3.63) is 40.9 Å². The second-order valence-electron chi connectivity index (χ2n) is 6.26. The molecular formula is C17H16BBrO3. The smallest absolute Gasteiger partial charge is 0.456 e. The molecule has 1 fully saturated rings. The maximum absolute atomic E-state index is 6.16. The van der Waals surface area contributed by atoms with Crippen molar-refractivity contribution in [2.45, 2.75) is 32.5 Å². The number of furan rings is 1. The van der Waals surface area contributed by atoms with E-state index in [-0.39, 0.29) is 11.7 Å². The number of fused-ring (bicyclic) bond motifs is 3. The fourth-order valence-electron chi connectivity index (χ4n) is 2.92. The highest BCUT2D eigenvalue weighted by atomic mass is 79.9. The molecule has 4 rings (SSSR count). The summed E-state index contributed by atoms with van der Waals surface area (Å²) in [6.07, 6.45) is 0.0258. The van der Waals surface area contributed by atoms with Gasteiger partial charge in [0.1, 0.15) is 11.2 Å². The second-order valence-corrected chi connectivity index (χ2v) is 7.12. The van der Waals surface area contributed by atoms with Gasteiger partial charge in [0.05, 0.1) is 11.7 Å². The van der Waals surface area contributed by atoms with E-state index in [9.17, 15) is 0 Å². The van der Waals surface area contributed by atoms with E-state index in [1.54, 1.807) is 0 Å². The van der Waals surface area contributed by atoms with E-state index in [1.807, 2.05) is 37.3 Å². The third-order valence-corrected chi connectivity index (χ3v) is 5.18. The molecule has 1 aliphatic rings.